The first-order valence-electron chi connectivity index (χ1n) is 7.80. The number of ether oxygens (including phenoxy) is 1. The van der Waals surface area contributed by atoms with E-state index in [4.69, 9.17) is 10.5 Å². The molecular weight excluding hydrogens is 308 g/mol. The number of hydrogen-bond donors (Lipinski definition) is 2. The van der Waals surface area contributed by atoms with Gasteiger partial charge in [0.1, 0.15) is 0 Å². The zero-order valence-electron chi connectivity index (χ0n) is 13.2. The van der Waals surface area contributed by atoms with Crippen molar-refractivity contribution in [2.75, 3.05) is 7.05 Å². The minimum atomic E-state index is -0.314. The van der Waals surface area contributed by atoms with Gasteiger partial charge in [-0.05, 0) is 16.8 Å². The molecule has 0 spiro atoms. The van der Waals surface area contributed by atoms with Crippen LogP contribution >= 0.6 is 0 Å². The maximum absolute atomic E-state index is 12.8. The number of nitrogens with two attached hydrogens (primary N) is 1. The Morgan fingerprint density at radius 3 is 2.92 bits per heavy atom. The lowest BCUT2D eigenvalue weighted by atomic mass is 9.88. The number of carbonyl (C=O) groups is 1. The molecular formula is C16H18N6O2. The average molecular weight is 326 g/mol. The van der Waals surface area contributed by atoms with Crippen molar-refractivity contribution in [2.24, 2.45) is 11.7 Å². The van der Waals surface area contributed by atoms with E-state index in [1.54, 1.807) is 11.9 Å². The topological polar surface area (TPSA) is 110 Å². The summed E-state index contributed by atoms with van der Waals surface area (Å²) < 4.78 is 5.68. The van der Waals surface area contributed by atoms with E-state index < -0.39 is 0 Å². The summed E-state index contributed by atoms with van der Waals surface area (Å²) in [5, 5.41) is 13.9. The smallest absolute Gasteiger partial charge is 0.230 e. The first-order chi connectivity index (χ1) is 11.6. The monoisotopic (exact) mass is 326 g/mol. The van der Waals surface area contributed by atoms with Gasteiger partial charge in [0.15, 0.2) is 0 Å². The highest BCUT2D eigenvalue weighted by Crippen LogP contribution is 2.34. The number of benzene rings is 1. The molecule has 124 valence electrons. The molecule has 0 unspecified atom stereocenters. The standard InChI is InChI=1S/C16H18N6O2/c1-22(16(23)13-11-5-6-12(24-11)14(13)17)8-9-3-2-4-10(7-9)15-18-20-21-19-15/h2-7,11-14H,8,17H2,1H3,(H,18,19,20,21)/t11-,12+,13-,14+/m1/s1. The van der Waals surface area contributed by atoms with E-state index in [-0.39, 0.29) is 30.1 Å². The third-order valence-corrected chi connectivity index (χ3v) is 4.56. The SMILES string of the molecule is CN(Cc1cccc(-c2nn[nH]n2)c1)C(=O)[C@H]1[C@@H](N)[C@@H]2C=C[C@H]1O2. The molecule has 1 saturated heterocycles. The number of aromatic nitrogens is 4. The Morgan fingerprint density at radius 2 is 2.21 bits per heavy atom. The Balaban J connectivity index is 1.48. The summed E-state index contributed by atoms with van der Waals surface area (Å²) in [7, 11) is 1.78. The lowest BCUT2D eigenvalue weighted by molar-refractivity contribution is -0.136. The molecule has 1 fully saturated rings. The average Bonchev–Trinajstić information content (AvgIpc) is 3.32. The van der Waals surface area contributed by atoms with E-state index in [0.29, 0.717) is 12.4 Å². The molecule has 1 aromatic heterocycles. The second-order valence-corrected chi connectivity index (χ2v) is 6.18. The van der Waals surface area contributed by atoms with Crippen LogP contribution in [0, 0.1) is 5.92 Å². The molecule has 24 heavy (non-hydrogen) atoms. The number of carbonyl (C=O) groups excluding carboxylic acids is 1. The maximum Gasteiger partial charge on any atom is 0.230 e. The Labute approximate surface area is 138 Å². The number of fused-ring (bicyclic) bond motifs is 2. The molecule has 1 amide bonds. The Morgan fingerprint density at radius 1 is 1.38 bits per heavy atom. The minimum absolute atomic E-state index is 0.00399. The number of amides is 1. The molecule has 8 nitrogen and oxygen atoms in total. The van der Waals surface area contributed by atoms with Gasteiger partial charge in [0.05, 0.1) is 18.1 Å². The molecule has 0 radical (unpaired) electrons. The summed E-state index contributed by atoms with van der Waals surface area (Å²) >= 11 is 0. The van der Waals surface area contributed by atoms with Crippen molar-refractivity contribution in [1.29, 1.82) is 0 Å². The summed E-state index contributed by atoms with van der Waals surface area (Å²) in [6.45, 7) is 0.481. The summed E-state index contributed by atoms with van der Waals surface area (Å²) in [5.74, 6) is 0.217. The Hall–Kier alpha value is -2.58. The van der Waals surface area contributed by atoms with Gasteiger partial charge in [-0.3, -0.25) is 4.79 Å². The number of H-pyrrole nitrogens is 1. The predicted octanol–water partition coefficient (Wildman–Crippen LogP) is 0.106. The zero-order valence-corrected chi connectivity index (χ0v) is 13.2. The van der Waals surface area contributed by atoms with E-state index in [9.17, 15) is 4.79 Å². The van der Waals surface area contributed by atoms with E-state index in [1.807, 2.05) is 36.4 Å². The minimum Gasteiger partial charge on any atom is -0.364 e. The molecule has 0 saturated carbocycles. The van der Waals surface area contributed by atoms with Gasteiger partial charge in [0.2, 0.25) is 11.7 Å². The van der Waals surface area contributed by atoms with Gasteiger partial charge >= 0.3 is 0 Å². The van der Waals surface area contributed by atoms with Gasteiger partial charge in [0.25, 0.3) is 0 Å². The fourth-order valence-electron chi connectivity index (χ4n) is 3.34. The normalized spacial score (nSPS) is 27.6. The van der Waals surface area contributed by atoms with Crippen LogP contribution in [0.4, 0.5) is 0 Å². The van der Waals surface area contributed by atoms with Crippen LogP contribution in [0.5, 0.6) is 0 Å². The predicted molar refractivity (Wildman–Crippen MR) is 85.4 cm³/mol. The molecule has 2 aliphatic heterocycles. The number of nitrogens with zero attached hydrogens (tertiary/aromatic N) is 4. The van der Waals surface area contributed by atoms with Crippen molar-refractivity contribution >= 4 is 5.91 Å². The van der Waals surface area contributed by atoms with Gasteiger partial charge in [-0.15, -0.1) is 10.2 Å². The number of rotatable bonds is 4. The molecule has 3 N–H and O–H groups in total. The fraction of sp³-hybridized carbons (Fsp3) is 0.375. The van der Waals surface area contributed by atoms with Gasteiger partial charge in [0, 0.05) is 25.2 Å². The van der Waals surface area contributed by atoms with Crippen LogP contribution in [-0.2, 0) is 16.1 Å². The van der Waals surface area contributed by atoms with Crippen LogP contribution in [0.2, 0.25) is 0 Å². The molecule has 2 aliphatic rings. The molecule has 2 aromatic rings. The molecule has 2 bridgehead atoms. The van der Waals surface area contributed by atoms with Crippen molar-refractivity contribution in [3.05, 3.63) is 42.0 Å². The number of aromatic amines is 1. The summed E-state index contributed by atoms with van der Waals surface area (Å²) in [6.07, 6.45) is 3.53. The highest BCUT2D eigenvalue weighted by Gasteiger charge is 2.48. The van der Waals surface area contributed by atoms with Gasteiger partial charge in [-0.25, -0.2) is 0 Å². The van der Waals surface area contributed by atoms with E-state index >= 15 is 0 Å². The van der Waals surface area contributed by atoms with Crippen LogP contribution in [0.25, 0.3) is 11.4 Å². The molecule has 1 aromatic carbocycles. The Bertz CT molecular complexity index is 775. The number of nitrogens with one attached hydrogen (secondary N) is 1. The van der Waals surface area contributed by atoms with E-state index in [0.717, 1.165) is 11.1 Å². The Kier molecular flexibility index (Phi) is 3.62. The van der Waals surface area contributed by atoms with Gasteiger partial charge in [-0.1, -0.05) is 30.4 Å². The van der Waals surface area contributed by atoms with Gasteiger partial charge in [-0.2, -0.15) is 5.21 Å². The summed E-state index contributed by atoms with van der Waals surface area (Å²) in [5.41, 5.74) is 7.97. The lowest BCUT2D eigenvalue weighted by Crippen LogP contribution is -2.47. The van der Waals surface area contributed by atoms with Crippen molar-refractivity contribution in [2.45, 2.75) is 24.8 Å². The van der Waals surface area contributed by atoms with E-state index in [1.165, 1.54) is 0 Å². The maximum atomic E-state index is 12.8. The summed E-state index contributed by atoms with van der Waals surface area (Å²) in [4.78, 5) is 14.4. The van der Waals surface area contributed by atoms with Crippen LogP contribution in [-0.4, -0.2) is 56.7 Å². The molecule has 0 aliphatic carbocycles. The quantitative estimate of drug-likeness (QED) is 0.772. The second kappa shape index (κ2) is 5.81. The van der Waals surface area contributed by atoms with Crippen LogP contribution < -0.4 is 5.73 Å². The fourth-order valence-corrected chi connectivity index (χ4v) is 3.34. The van der Waals surface area contributed by atoms with Crippen LogP contribution in [0.15, 0.2) is 36.4 Å². The largest absolute Gasteiger partial charge is 0.364 e. The summed E-state index contributed by atoms with van der Waals surface area (Å²) in [6, 6.07) is 7.45. The lowest BCUT2D eigenvalue weighted by Gasteiger charge is -2.26. The highest BCUT2D eigenvalue weighted by molar-refractivity contribution is 5.81. The van der Waals surface area contributed by atoms with Crippen LogP contribution in [0.1, 0.15) is 5.56 Å². The molecule has 8 heteroatoms. The third-order valence-electron chi connectivity index (χ3n) is 4.56. The van der Waals surface area contributed by atoms with Crippen LogP contribution in [0.3, 0.4) is 0 Å². The zero-order chi connectivity index (χ0) is 16.7. The van der Waals surface area contributed by atoms with Crippen molar-refractivity contribution < 1.29 is 9.53 Å². The third kappa shape index (κ3) is 2.49. The molecule has 4 rings (SSSR count). The van der Waals surface area contributed by atoms with Crippen molar-refractivity contribution in [3.8, 4) is 11.4 Å². The number of tetrazole rings is 1. The van der Waals surface area contributed by atoms with Crippen molar-refractivity contribution in [3.63, 3.8) is 0 Å². The van der Waals surface area contributed by atoms with E-state index in [2.05, 4.69) is 20.6 Å². The molecule has 3 heterocycles. The first kappa shape index (κ1) is 15.0. The first-order valence-corrected chi connectivity index (χ1v) is 7.80. The highest BCUT2D eigenvalue weighted by atomic mass is 16.5. The second-order valence-electron chi connectivity index (χ2n) is 6.18. The number of hydrogen-bond acceptors (Lipinski definition) is 6. The molecule has 4 atom stereocenters. The van der Waals surface area contributed by atoms with Crippen molar-refractivity contribution in [1.82, 2.24) is 25.5 Å². The van der Waals surface area contributed by atoms with Gasteiger partial charge < -0.3 is 15.4 Å².